The summed E-state index contributed by atoms with van der Waals surface area (Å²) in [6, 6.07) is 0.561. The molecule has 0 aromatic rings. The van der Waals surface area contributed by atoms with Gasteiger partial charge in [-0.25, -0.2) is 0 Å². The highest BCUT2D eigenvalue weighted by Gasteiger charge is 2.33. The van der Waals surface area contributed by atoms with Gasteiger partial charge in [-0.15, -0.1) is 0 Å². The fraction of sp³-hybridized carbons (Fsp3) is 0.833. The Morgan fingerprint density at radius 1 is 1.00 bits per heavy atom. The van der Waals surface area contributed by atoms with E-state index in [0.717, 1.165) is 6.42 Å². The van der Waals surface area contributed by atoms with Gasteiger partial charge in [0.25, 0.3) is 0 Å². The maximum absolute atomic E-state index is 12.0. The van der Waals surface area contributed by atoms with Crippen LogP contribution >= 0.6 is 0 Å². The lowest BCUT2D eigenvalue weighted by molar-refractivity contribution is -0.151. The van der Waals surface area contributed by atoms with Crippen LogP contribution in [0.5, 0.6) is 0 Å². The van der Waals surface area contributed by atoms with Gasteiger partial charge in [-0.3, -0.25) is 24.2 Å². The third kappa shape index (κ3) is 4.15. The molecular weight excluding hydrogens is 308 g/mol. The number of esters is 1. The van der Waals surface area contributed by atoms with E-state index in [1.165, 1.54) is 43.7 Å². The van der Waals surface area contributed by atoms with Crippen molar-refractivity contribution in [3.63, 3.8) is 0 Å². The smallest absolute Gasteiger partial charge is 0.307 e. The Hall–Kier alpha value is -1.43. The summed E-state index contributed by atoms with van der Waals surface area (Å²) in [5, 5.41) is 0. The van der Waals surface area contributed by atoms with Gasteiger partial charge in [0, 0.05) is 31.3 Å². The molecule has 0 spiro atoms. The van der Waals surface area contributed by atoms with Gasteiger partial charge in [0.1, 0.15) is 0 Å². The van der Waals surface area contributed by atoms with Gasteiger partial charge in [0.05, 0.1) is 13.0 Å². The number of rotatable bonds is 5. The number of carbonyl (C=O) groups excluding carboxylic acids is 3. The van der Waals surface area contributed by atoms with Crippen LogP contribution in [0.4, 0.5) is 0 Å². The first-order valence-corrected chi connectivity index (χ1v) is 9.38. The second kappa shape index (κ2) is 8.10. The summed E-state index contributed by atoms with van der Waals surface area (Å²) in [7, 11) is 0. The van der Waals surface area contributed by atoms with E-state index in [4.69, 9.17) is 4.74 Å². The zero-order chi connectivity index (χ0) is 16.9. The van der Waals surface area contributed by atoms with Crippen LogP contribution in [0, 0.1) is 5.92 Å². The van der Waals surface area contributed by atoms with Crippen molar-refractivity contribution >= 4 is 17.8 Å². The average Bonchev–Trinajstić information content (AvgIpc) is 2.59. The van der Waals surface area contributed by atoms with Gasteiger partial charge >= 0.3 is 5.97 Å². The fourth-order valence-corrected chi connectivity index (χ4v) is 4.30. The third-order valence-electron chi connectivity index (χ3n) is 5.61. The van der Waals surface area contributed by atoms with E-state index in [9.17, 15) is 14.4 Å². The lowest BCUT2D eigenvalue weighted by Gasteiger charge is -2.44. The molecule has 0 aliphatic carbocycles. The van der Waals surface area contributed by atoms with Gasteiger partial charge < -0.3 is 4.74 Å². The molecule has 3 saturated heterocycles. The Balaban J connectivity index is 1.42. The molecule has 0 unspecified atom stereocenters. The number of amides is 2. The SMILES string of the molecule is O=C(CCN1C(=O)CCCC1=O)OC[C@@H]1CCCN2CCCC[C@H]12. The highest BCUT2D eigenvalue weighted by molar-refractivity contribution is 5.97. The van der Waals surface area contributed by atoms with Crippen LogP contribution in [0.2, 0.25) is 0 Å². The first kappa shape index (κ1) is 17.4. The summed E-state index contributed by atoms with van der Waals surface area (Å²) >= 11 is 0. The normalized spacial score (nSPS) is 28.6. The van der Waals surface area contributed by atoms with Crippen LogP contribution in [-0.2, 0) is 19.1 Å². The van der Waals surface area contributed by atoms with E-state index in [1.807, 2.05) is 0 Å². The van der Waals surface area contributed by atoms with E-state index >= 15 is 0 Å². The van der Waals surface area contributed by atoms with Gasteiger partial charge in [-0.2, -0.15) is 0 Å². The van der Waals surface area contributed by atoms with Crippen LogP contribution in [-0.4, -0.2) is 59.9 Å². The molecule has 0 bridgehead atoms. The molecule has 3 aliphatic heterocycles. The first-order chi connectivity index (χ1) is 11.6. The molecule has 3 heterocycles. The quantitative estimate of drug-likeness (QED) is 0.565. The average molecular weight is 336 g/mol. The van der Waals surface area contributed by atoms with Crippen LogP contribution < -0.4 is 0 Å². The number of ether oxygens (including phenoxy) is 1. The second-order valence-corrected chi connectivity index (χ2v) is 7.23. The zero-order valence-corrected chi connectivity index (χ0v) is 14.4. The van der Waals surface area contributed by atoms with Crippen molar-refractivity contribution in [2.24, 2.45) is 5.92 Å². The Labute approximate surface area is 143 Å². The van der Waals surface area contributed by atoms with E-state index in [1.54, 1.807) is 0 Å². The number of carbonyl (C=O) groups is 3. The Bertz CT molecular complexity index is 475. The highest BCUT2D eigenvalue weighted by atomic mass is 16.5. The van der Waals surface area contributed by atoms with E-state index in [2.05, 4.69) is 4.90 Å². The van der Waals surface area contributed by atoms with Crippen molar-refractivity contribution in [3.05, 3.63) is 0 Å². The number of hydrogen-bond acceptors (Lipinski definition) is 5. The maximum Gasteiger partial charge on any atom is 0.307 e. The van der Waals surface area contributed by atoms with Gasteiger partial charge in [-0.05, 0) is 45.2 Å². The van der Waals surface area contributed by atoms with Crippen LogP contribution in [0.25, 0.3) is 0 Å². The molecule has 0 radical (unpaired) electrons. The topological polar surface area (TPSA) is 66.9 Å². The third-order valence-corrected chi connectivity index (χ3v) is 5.61. The van der Waals surface area contributed by atoms with Crippen molar-refractivity contribution in [3.8, 4) is 0 Å². The number of fused-ring (bicyclic) bond motifs is 1. The van der Waals surface area contributed by atoms with Crippen molar-refractivity contribution in [2.75, 3.05) is 26.2 Å². The largest absolute Gasteiger partial charge is 0.465 e. The lowest BCUT2D eigenvalue weighted by Crippen LogP contribution is -2.49. The van der Waals surface area contributed by atoms with E-state index in [-0.39, 0.29) is 30.7 Å². The molecule has 0 saturated carbocycles. The Morgan fingerprint density at radius 2 is 1.75 bits per heavy atom. The van der Waals surface area contributed by atoms with Crippen molar-refractivity contribution < 1.29 is 19.1 Å². The van der Waals surface area contributed by atoms with Crippen molar-refractivity contribution in [1.29, 1.82) is 0 Å². The summed E-state index contributed by atoms with van der Waals surface area (Å²) in [6.07, 6.45) is 7.59. The number of piperidine rings is 3. The number of nitrogens with zero attached hydrogens (tertiary/aromatic N) is 2. The molecule has 0 N–H and O–H groups in total. The molecule has 3 rings (SSSR count). The first-order valence-electron chi connectivity index (χ1n) is 9.38. The Kier molecular flexibility index (Phi) is 5.87. The molecular formula is C18H28N2O4. The number of imide groups is 1. The molecule has 0 aromatic heterocycles. The highest BCUT2D eigenvalue weighted by Crippen LogP contribution is 2.31. The molecule has 24 heavy (non-hydrogen) atoms. The molecule has 6 heteroatoms. The maximum atomic E-state index is 12.0. The standard InChI is InChI=1S/C18H28N2O4/c21-16-7-3-8-17(22)20(16)12-9-18(23)24-13-14-5-4-11-19-10-2-1-6-15(14)19/h14-15H,1-13H2/t14-,15+/m0/s1. The molecule has 6 nitrogen and oxygen atoms in total. The van der Waals surface area contributed by atoms with Gasteiger partial charge in [-0.1, -0.05) is 6.42 Å². The fourth-order valence-electron chi connectivity index (χ4n) is 4.30. The van der Waals surface area contributed by atoms with Crippen LogP contribution in [0.15, 0.2) is 0 Å². The minimum atomic E-state index is -0.297. The second-order valence-electron chi connectivity index (χ2n) is 7.23. The van der Waals surface area contributed by atoms with E-state index in [0.29, 0.717) is 37.8 Å². The van der Waals surface area contributed by atoms with Crippen LogP contribution in [0.1, 0.15) is 57.8 Å². The minimum Gasteiger partial charge on any atom is -0.465 e. The monoisotopic (exact) mass is 336 g/mol. The summed E-state index contributed by atoms with van der Waals surface area (Å²) < 4.78 is 5.48. The van der Waals surface area contributed by atoms with Crippen molar-refractivity contribution in [2.45, 2.75) is 63.8 Å². The lowest BCUT2D eigenvalue weighted by atomic mass is 9.84. The molecule has 2 amide bonds. The number of hydrogen-bond donors (Lipinski definition) is 0. The summed E-state index contributed by atoms with van der Waals surface area (Å²) in [6.45, 7) is 2.99. The molecule has 2 atom stereocenters. The van der Waals surface area contributed by atoms with E-state index < -0.39 is 0 Å². The zero-order valence-electron chi connectivity index (χ0n) is 14.4. The predicted octanol–water partition coefficient (Wildman–Crippen LogP) is 1.72. The van der Waals surface area contributed by atoms with Gasteiger partial charge in [0.15, 0.2) is 0 Å². The molecule has 134 valence electrons. The summed E-state index contributed by atoms with van der Waals surface area (Å²) in [5.74, 6) is -0.191. The summed E-state index contributed by atoms with van der Waals surface area (Å²) in [5.41, 5.74) is 0. The number of likely N-dealkylation sites (tertiary alicyclic amines) is 1. The Morgan fingerprint density at radius 3 is 2.54 bits per heavy atom. The van der Waals surface area contributed by atoms with Crippen LogP contribution in [0.3, 0.4) is 0 Å². The predicted molar refractivity (Wildman–Crippen MR) is 88.1 cm³/mol. The van der Waals surface area contributed by atoms with Gasteiger partial charge in [0.2, 0.25) is 11.8 Å². The molecule has 0 aromatic carbocycles. The molecule has 3 aliphatic rings. The minimum absolute atomic E-state index is 0.110. The molecule has 3 fully saturated rings. The van der Waals surface area contributed by atoms with Crippen molar-refractivity contribution in [1.82, 2.24) is 9.80 Å². The summed E-state index contributed by atoms with van der Waals surface area (Å²) in [4.78, 5) is 39.2.